The Morgan fingerprint density at radius 2 is 1.80 bits per heavy atom. The summed E-state index contributed by atoms with van der Waals surface area (Å²) in [5, 5.41) is 3.33. The lowest BCUT2D eigenvalue weighted by Crippen LogP contribution is -3.00. The van der Waals surface area contributed by atoms with Crippen molar-refractivity contribution in [2.24, 2.45) is 0 Å². The van der Waals surface area contributed by atoms with E-state index in [4.69, 9.17) is 0 Å². The molecule has 0 spiro atoms. The third-order valence-corrected chi connectivity index (χ3v) is 2.02. The number of benzene rings is 1. The number of fused-ring (bicyclic) bond motifs is 1. The Morgan fingerprint density at radius 3 is 2.53 bits per heavy atom. The molecule has 82 valence electrons. The lowest BCUT2D eigenvalue weighted by Gasteiger charge is -2.02. The van der Waals surface area contributed by atoms with Gasteiger partial charge in [0.15, 0.2) is 5.71 Å². The van der Waals surface area contributed by atoms with E-state index in [0.29, 0.717) is 0 Å². The number of rotatable bonds is 0. The fraction of sp³-hybridized carbons (Fsp3) is 0.182. The Labute approximate surface area is 95.6 Å². The second-order valence-electron chi connectivity index (χ2n) is 3.31. The molecule has 0 aromatic heterocycles. The van der Waals surface area contributed by atoms with Crippen LogP contribution in [0.2, 0.25) is 0 Å². The lowest BCUT2D eigenvalue weighted by atomic mass is 10.2. The minimum atomic E-state index is 0. The van der Waals surface area contributed by atoms with Gasteiger partial charge >= 0.3 is 0 Å². The van der Waals surface area contributed by atoms with Crippen molar-refractivity contribution in [2.75, 3.05) is 5.32 Å². The predicted octanol–water partition coefficient (Wildman–Crippen LogP) is -2.63. The van der Waals surface area contributed by atoms with Crippen molar-refractivity contribution >= 4 is 17.1 Å². The van der Waals surface area contributed by atoms with Gasteiger partial charge in [-0.2, -0.15) is 0 Å². The summed E-state index contributed by atoms with van der Waals surface area (Å²) in [4.78, 5) is 3.33. The van der Waals surface area contributed by atoms with Gasteiger partial charge in [-0.15, -0.1) is 0 Å². The van der Waals surface area contributed by atoms with E-state index in [9.17, 15) is 0 Å². The molecule has 0 amide bonds. The standard InChI is InChI=1S/C11H12N2.ClH.H2O/c1-8-7-9(2)13-11-6-4-3-5-10(11)12-8;;/h3-7,12H,1-2H3;1H;1H2. The summed E-state index contributed by atoms with van der Waals surface area (Å²) in [6.07, 6.45) is 2.10. The Hall–Kier alpha value is -1.32. The molecule has 4 N–H and O–H groups in total. The average Bonchev–Trinajstić information content (AvgIpc) is 2.20. The summed E-state index contributed by atoms with van der Waals surface area (Å²) in [5.41, 5.74) is 4.59. The second-order valence-corrected chi connectivity index (χ2v) is 3.31. The highest BCUT2D eigenvalue weighted by Crippen LogP contribution is 2.18. The van der Waals surface area contributed by atoms with Gasteiger partial charge in [-0.05, 0) is 13.0 Å². The highest BCUT2D eigenvalue weighted by atomic mass is 35.5. The van der Waals surface area contributed by atoms with Crippen molar-refractivity contribution in [2.45, 2.75) is 13.8 Å². The first-order valence-corrected chi connectivity index (χ1v) is 4.40. The summed E-state index contributed by atoms with van der Waals surface area (Å²) in [6.45, 7) is 4.13. The quantitative estimate of drug-likeness (QED) is 0.500. The van der Waals surface area contributed by atoms with Gasteiger partial charge in [-0.1, -0.05) is 12.1 Å². The van der Waals surface area contributed by atoms with E-state index in [1.54, 1.807) is 0 Å². The normalized spacial score (nSPS) is 12.9. The summed E-state index contributed by atoms with van der Waals surface area (Å²) in [5.74, 6) is 0. The van der Waals surface area contributed by atoms with E-state index in [1.807, 2.05) is 12.1 Å². The summed E-state index contributed by atoms with van der Waals surface area (Å²) >= 11 is 0. The van der Waals surface area contributed by atoms with Crippen molar-refractivity contribution in [1.82, 2.24) is 0 Å². The maximum atomic E-state index is 3.33. The van der Waals surface area contributed by atoms with Crippen LogP contribution in [0.3, 0.4) is 0 Å². The minimum absolute atomic E-state index is 0. The van der Waals surface area contributed by atoms with Gasteiger partial charge < -0.3 is 23.2 Å². The molecule has 0 saturated heterocycles. The zero-order valence-corrected chi connectivity index (χ0v) is 9.52. The molecule has 1 heterocycles. The van der Waals surface area contributed by atoms with E-state index in [2.05, 4.69) is 42.4 Å². The van der Waals surface area contributed by atoms with Crippen molar-refractivity contribution in [1.29, 1.82) is 0 Å². The molecule has 1 aromatic carbocycles. The molecule has 15 heavy (non-hydrogen) atoms. The molecule has 0 aliphatic carbocycles. The third-order valence-electron chi connectivity index (χ3n) is 2.02. The van der Waals surface area contributed by atoms with Gasteiger partial charge in [0.1, 0.15) is 5.69 Å². The van der Waals surface area contributed by atoms with E-state index in [-0.39, 0.29) is 17.9 Å². The Kier molecular flexibility index (Phi) is 5.05. The largest absolute Gasteiger partial charge is 1.00 e. The minimum Gasteiger partial charge on any atom is -1.00 e. The summed E-state index contributed by atoms with van der Waals surface area (Å²) < 4.78 is 0. The predicted molar refractivity (Wildman–Crippen MR) is 58.7 cm³/mol. The Morgan fingerprint density at radius 1 is 1.13 bits per heavy atom. The summed E-state index contributed by atoms with van der Waals surface area (Å²) in [6, 6.07) is 8.19. The van der Waals surface area contributed by atoms with E-state index < -0.39 is 0 Å². The number of nitrogens with one attached hydrogen (secondary N) is 2. The van der Waals surface area contributed by atoms with Crippen LogP contribution in [0.4, 0.5) is 11.4 Å². The van der Waals surface area contributed by atoms with Crippen LogP contribution in [-0.4, -0.2) is 11.2 Å². The molecule has 1 aliphatic heterocycles. The molecule has 0 fully saturated rings. The van der Waals surface area contributed by atoms with Crippen molar-refractivity contribution < 1.29 is 22.9 Å². The zero-order chi connectivity index (χ0) is 9.26. The van der Waals surface area contributed by atoms with Gasteiger partial charge in [0.2, 0.25) is 5.69 Å². The highest BCUT2D eigenvalue weighted by molar-refractivity contribution is 5.91. The van der Waals surface area contributed by atoms with Gasteiger partial charge in [-0.25, -0.2) is 4.99 Å². The van der Waals surface area contributed by atoms with Crippen molar-refractivity contribution in [3.8, 4) is 0 Å². The number of hydrogen-bond acceptors (Lipinski definition) is 1. The number of anilines is 1. The SMILES string of the molecule is CC1=CC(C)=[NH+]c2ccccc2N1.O.[Cl-]. The molecule has 1 aromatic rings. The van der Waals surface area contributed by atoms with Crippen LogP contribution in [0.25, 0.3) is 0 Å². The Balaban J connectivity index is 0.000000980. The van der Waals surface area contributed by atoms with Crippen LogP contribution in [0, 0.1) is 0 Å². The zero-order valence-electron chi connectivity index (χ0n) is 8.76. The van der Waals surface area contributed by atoms with Crippen LogP contribution in [0.15, 0.2) is 36.0 Å². The maximum absolute atomic E-state index is 3.33. The van der Waals surface area contributed by atoms with Crippen LogP contribution in [0.1, 0.15) is 13.8 Å². The first-order chi connectivity index (χ1) is 6.25. The molecule has 0 unspecified atom stereocenters. The van der Waals surface area contributed by atoms with E-state index >= 15 is 0 Å². The van der Waals surface area contributed by atoms with Gasteiger partial charge in [0.25, 0.3) is 0 Å². The Bertz CT molecular complexity index is 399. The van der Waals surface area contributed by atoms with Crippen LogP contribution < -0.4 is 22.7 Å². The van der Waals surface area contributed by atoms with Crippen molar-refractivity contribution in [3.63, 3.8) is 0 Å². The van der Waals surface area contributed by atoms with Crippen molar-refractivity contribution in [3.05, 3.63) is 36.0 Å². The van der Waals surface area contributed by atoms with Gasteiger partial charge in [0, 0.05) is 24.8 Å². The number of allylic oxidation sites excluding steroid dienone is 2. The summed E-state index contributed by atoms with van der Waals surface area (Å²) in [7, 11) is 0. The fourth-order valence-corrected chi connectivity index (χ4v) is 1.52. The molecular formula is C11H15ClN2O. The third kappa shape index (κ3) is 3.08. The lowest BCUT2D eigenvalue weighted by molar-refractivity contribution is -0.351. The average molecular weight is 227 g/mol. The molecule has 1 aliphatic rings. The van der Waals surface area contributed by atoms with Crippen LogP contribution in [0.5, 0.6) is 0 Å². The first-order valence-electron chi connectivity index (χ1n) is 4.40. The molecule has 3 nitrogen and oxygen atoms in total. The maximum Gasteiger partial charge on any atom is 0.227 e. The molecule has 0 bridgehead atoms. The topological polar surface area (TPSA) is 57.5 Å². The molecule has 0 radical (unpaired) electrons. The van der Waals surface area contributed by atoms with Gasteiger partial charge in [0.05, 0.1) is 0 Å². The van der Waals surface area contributed by atoms with E-state index in [0.717, 1.165) is 22.8 Å². The number of para-hydroxylation sites is 2. The number of hydrogen-bond donors (Lipinski definition) is 2. The molecule has 2 rings (SSSR count). The molecule has 0 atom stereocenters. The monoisotopic (exact) mass is 226 g/mol. The highest BCUT2D eigenvalue weighted by Gasteiger charge is 2.10. The first kappa shape index (κ1) is 13.7. The molecule has 4 heteroatoms. The van der Waals surface area contributed by atoms with Crippen LogP contribution in [-0.2, 0) is 0 Å². The van der Waals surface area contributed by atoms with Gasteiger partial charge in [-0.3, -0.25) is 0 Å². The fourth-order valence-electron chi connectivity index (χ4n) is 1.52. The van der Waals surface area contributed by atoms with Crippen LogP contribution >= 0.6 is 0 Å². The van der Waals surface area contributed by atoms with E-state index in [1.165, 1.54) is 0 Å². The second kappa shape index (κ2) is 5.53. The smallest absolute Gasteiger partial charge is 0.227 e. The number of halogens is 1. The molecular weight excluding hydrogens is 212 g/mol. The molecule has 0 saturated carbocycles.